The van der Waals surface area contributed by atoms with Gasteiger partial charge in [-0.2, -0.15) is 0 Å². The molecule has 4 rings (SSSR count). The molecule has 3 aliphatic rings. The van der Waals surface area contributed by atoms with Crippen LogP contribution in [-0.2, 0) is 9.59 Å². The van der Waals surface area contributed by atoms with E-state index >= 15 is 0 Å². The number of aliphatic hydroxyl groups is 1. The fourth-order valence-corrected chi connectivity index (χ4v) is 5.63. The molecule has 2 saturated heterocycles. The number of amides is 2. The quantitative estimate of drug-likeness (QED) is 0.685. The van der Waals surface area contributed by atoms with Crippen molar-refractivity contribution in [1.29, 1.82) is 0 Å². The van der Waals surface area contributed by atoms with Gasteiger partial charge in [0.15, 0.2) is 11.5 Å². The number of hydrogen-bond acceptors (Lipinski definition) is 5. The van der Waals surface area contributed by atoms with Gasteiger partial charge in [-0.3, -0.25) is 9.59 Å². The van der Waals surface area contributed by atoms with Gasteiger partial charge in [0.25, 0.3) is 0 Å². The van der Waals surface area contributed by atoms with Crippen LogP contribution in [0.5, 0.6) is 11.5 Å². The van der Waals surface area contributed by atoms with Crippen molar-refractivity contribution in [2.24, 2.45) is 5.41 Å². The highest BCUT2D eigenvalue weighted by Gasteiger charge is 2.49. The maximum absolute atomic E-state index is 13.1. The average Bonchev–Trinajstić information content (AvgIpc) is 3.47. The van der Waals surface area contributed by atoms with E-state index in [9.17, 15) is 14.7 Å². The zero-order chi connectivity index (χ0) is 23.6. The molecular formula is C26H38N2O5. The molecule has 1 N–H and O–H groups in total. The molecule has 1 aromatic carbocycles. The Labute approximate surface area is 197 Å². The van der Waals surface area contributed by atoms with E-state index in [4.69, 9.17) is 9.47 Å². The maximum Gasteiger partial charge on any atom is 0.312 e. The van der Waals surface area contributed by atoms with Crippen LogP contribution in [-0.4, -0.2) is 72.2 Å². The van der Waals surface area contributed by atoms with Gasteiger partial charge in [0.1, 0.15) is 0 Å². The van der Waals surface area contributed by atoms with Gasteiger partial charge >= 0.3 is 11.8 Å². The monoisotopic (exact) mass is 458 g/mol. The molecule has 33 heavy (non-hydrogen) atoms. The summed E-state index contributed by atoms with van der Waals surface area (Å²) >= 11 is 0. The van der Waals surface area contributed by atoms with Gasteiger partial charge in [-0.1, -0.05) is 13.0 Å². The number of piperidine rings is 1. The summed E-state index contributed by atoms with van der Waals surface area (Å²) in [5.41, 5.74) is 0.421. The third kappa shape index (κ3) is 4.84. The van der Waals surface area contributed by atoms with Crippen LogP contribution >= 0.6 is 0 Å². The predicted molar refractivity (Wildman–Crippen MR) is 125 cm³/mol. The Morgan fingerprint density at radius 1 is 1.03 bits per heavy atom. The van der Waals surface area contributed by atoms with Gasteiger partial charge in [-0.15, -0.1) is 0 Å². The molecule has 2 heterocycles. The molecule has 3 fully saturated rings. The average molecular weight is 459 g/mol. The van der Waals surface area contributed by atoms with Crippen molar-refractivity contribution in [3.05, 3.63) is 23.8 Å². The summed E-state index contributed by atoms with van der Waals surface area (Å²) in [6.45, 7) is 5.81. The number of carbonyl (C=O) groups is 2. The van der Waals surface area contributed by atoms with Crippen molar-refractivity contribution >= 4 is 11.8 Å². The van der Waals surface area contributed by atoms with Gasteiger partial charge in [-0.05, 0) is 69.6 Å². The number of benzene rings is 1. The number of likely N-dealkylation sites (tertiary alicyclic amines) is 2. The Bertz CT molecular complexity index is 860. The van der Waals surface area contributed by atoms with Gasteiger partial charge in [-0.25, -0.2) is 0 Å². The second kappa shape index (κ2) is 9.92. The zero-order valence-electron chi connectivity index (χ0n) is 20.2. The highest BCUT2D eigenvalue weighted by molar-refractivity contribution is 6.35. The zero-order valence-corrected chi connectivity index (χ0v) is 20.2. The lowest BCUT2D eigenvalue weighted by atomic mass is 9.72. The molecule has 3 unspecified atom stereocenters. The number of methoxy groups -OCH3 is 1. The SMILES string of the molecule is COc1ccc(C2CN(C(=O)C(=O)N3CCCCC3)CC2(C)C(C)O)cc1OC1CCCC1. The van der Waals surface area contributed by atoms with E-state index in [1.54, 1.807) is 23.8 Å². The summed E-state index contributed by atoms with van der Waals surface area (Å²) in [7, 11) is 1.64. The van der Waals surface area contributed by atoms with Crippen molar-refractivity contribution in [2.75, 3.05) is 33.3 Å². The minimum atomic E-state index is -0.647. The molecule has 1 aliphatic carbocycles. The molecule has 0 aromatic heterocycles. The molecule has 7 nitrogen and oxygen atoms in total. The van der Waals surface area contributed by atoms with E-state index in [-0.39, 0.29) is 12.0 Å². The number of nitrogens with zero attached hydrogens (tertiary/aromatic N) is 2. The van der Waals surface area contributed by atoms with E-state index in [2.05, 4.69) is 0 Å². The molecule has 7 heteroatoms. The molecular weight excluding hydrogens is 420 g/mol. The molecule has 0 bridgehead atoms. The normalized spacial score (nSPS) is 27.0. The molecule has 2 aliphatic heterocycles. The molecule has 0 spiro atoms. The largest absolute Gasteiger partial charge is 0.493 e. The first-order valence-electron chi connectivity index (χ1n) is 12.4. The maximum atomic E-state index is 13.1. The molecule has 182 valence electrons. The van der Waals surface area contributed by atoms with E-state index in [0.717, 1.165) is 37.7 Å². The Kier molecular flexibility index (Phi) is 7.17. The first-order chi connectivity index (χ1) is 15.8. The van der Waals surface area contributed by atoms with E-state index in [1.165, 1.54) is 12.8 Å². The number of ether oxygens (including phenoxy) is 2. The van der Waals surface area contributed by atoms with Crippen molar-refractivity contribution in [3.63, 3.8) is 0 Å². The highest BCUT2D eigenvalue weighted by Crippen LogP contribution is 2.47. The smallest absolute Gasteiger partial charge is 0.312 e. The summed E-state index contributed by atoms with van der Waals surface area (Å²) in [5.74, 6) is 0.414. The molecule has 0 radical (unpaired) electrons. The van der Waals surface area contributed by atoms with Gasteiger partial charge < -0.3 is 24.4 Å². The van der Waals surface area contributed by atoms with Crippen LogP contribution in [0.2, 0.25) is 0 Å². The van der Waals surface area contributed by atoms with Gasteiger partial charge in [0.2, 0.25) is 0 Å². The lowest BCUT2D eigenvalue weighted by Crippen LogP contribution is -2.47. The minimum Gasteiger partial charge on any atom is -0.493 e. The first kappa shape index (κ1) is 23.9. The number of hydrogen-bond donors (Lipinski definition) is 1. The predicted octanol–water partition coefficient (Wildman–Crippen LogP) is 3.34. The van der Waals surface area contributed by atoms with Crippen LogP contribution in [0.3, 0.4) is 0 Å². The fraction of sp³-hybridized carbons (Fsp3) is 0.692. The Balaban J connectivity index is 1.57. The van der Waals surface area contributed by atoms with Crippen LogP contribution < -0.4 is 9.47 Å². The molecule has 3 atom stereocenters. The second-order valence-electron chi connectivity index (χ2n) is 10.2. The van der Waals surface area contributed by atoms with Crippen LogP contribution in [0.1, 0.15) is 70.3 Å². The van der Waals surface area contributed by atoms with Crippen molar-refractivity contribution < 1.29 is 24.2 Å². The second-order valence-corrected chi connectivity index (χ2v) is 10.2. The lowest BCUT2D eigenvalue weighted by Gasteiger charge is -2.34. The Hall–Kier alpha value is -2.28. The third-order valence-electron chi connectivity index (χ3n) is 7.98. The van der Waals surface area contributed by atoms with Crippen LogP contribution in [0.15, 0.2) is 18.2 Å². The lowest BCUT2D eigenvalue weighted by molar-refractivity contribution is -0.152. The standard InChI is InChI=1S/C26H38N2O5/c1-18(29)26(2)17-28(25(31)24(30)27-13-7-4-8-14-27)16-21(26)19-11-12-22(32-3)23(15-19)33-20-9-5-6-10-20/h11-12,15,18,20-21,29H,4-10,13-14,16-17H2,1-3H3. The van der Waals surface area contributed by atoms with E-state index < -0.39 is 23.3 Å². The van der Waals surface area contributed by atoms with Crippen LogP contribution in [0, 0.1) is 5.41 Å². The Morgan fingerprint density at radius 3 is 2.33 bits per heavy atom. The molecule has 1 aromatic rings. The van der Waals surface area contributed by atoms with Crippen LogP contribution in [0.25, 0.3) is 0 Å². The van der Waals surface area contributed by atoms with Gasteiger partial charge in [0.05, 0.1) is 19.3 Å². The van der Waals surface area contributed by atoms with Crippen LogP contribution in [0.4, 0.5) is 0 Å². The van der Waals surface area contributed by atoms with Crippen molar-refractivity contribution in [2.45, 2.75) is 76.9 Å². The summed E-state index contributed by atoms with van der Waals surface area (Å²) in [6.07, 6.45) is 6.99. The number of carbonyl (C=O) groups excluding carboxylic acids is 2. The summed E-state index contributed by atoms with van der Waals surface area (Å²) in [4.78, 5) is 29.3. The summed E-state index contributed by atoms with van der Waals surface area (Å²) < 4.78 is 11.8. The minimum absolute atomic E-state index is 0.118. The fourth-order valence-electron chi connectivity index (χ4n) is 5.63. The van der Waals surface area contributed by atoms with E-state index in [1.807, 2.05) is 25.1 Å². The topological polar surface area (TPSA) is 79.3 Å². The number of aliphatic hydroxyl groups excluding tert-OH is 1. The third-order valence-corrected chi connectivity index (χ3v) is 7.98. The summed E-state index contributed by atoms with van der Waals surface area (Å²) in [6, 6.07) is 5.90. The van der Waals surface area contributed by atoms with Gasteiger partial charge in [0, 0.05) is 37.5 Å². The van der Waals surface area contributed by atoms with Crippen molar-refractivity contribution in [3.8, 4) is 11.5 Å². The molecule has 1 saturated carbocycles. The molecule has 2 amide bonds. The van der Waals surface area contributed by atoms with Crippen molar-refractivity contribution in [1.82, 2.24) is 9.80 Å². The number of rotatable bonds is 5. The van der Waals surface area contributed by atoms with E-state index in [0.29, 0.717) is 37.7 Å². The Morgan fingerprint density at radius 2 is 1.70 bits per heavy atom. The summed E-state index contributed by atoms with van der Waals surface area (Å²) in [5, 5.41) is 10.7. The highest BCUT2D eigenvalue weighted by atomic mass is 16.5. The first-order valence-corrected chi connectivity index (χ1v) is 12.4.